The number of H-pyrrole nitrogens is 1. The van der Waals surface area contributed by atoms with E-state index < -0.39 is 16.7 Å². The van der Waals surface area contributed by atoms with Gasteiger partial charge in [-0.15, -0.1) is 0 Å². The van der Waals surface area contributed by atoms with Gasteiger partial charge in [-0.2, -0.15) is 5.10 Å². The minimum absolute atomic E-state index is 0.0279. The number of aromatic nitrogens is 2. The molecular formula is C16H9FN4O2. The van der Waals surface area contributed by atoms with Gasteiger partial charge in [0.2, 0.25) is 16.8 Å². The average molecular weight is 308 g/mol. The number of benzene rings is 2. The molecule has 1 aromatic heterocycles. The van der Waals surface area contributed by atoms with E-state index in [1.54, 1.807) is 6.07 Å². The largest absolute Gasteiger partial charge is 0.323 e. The number of nitrogens with zero attached hydrogens (tertiary/aromatic N) is 2. The Labute approximate surface area is 127 Å². The lowest BCUT2D eigenvalue weighted by atomic mass is 10.2. The van der Waals surface area contributed by atoms with E-state index in [-0.39, 0.29) is 22.1 Å². The predicted octanol–water partition coefficient (Wildman–Crippen LogP) is 1.38. The van der Waals surface area contributed by atoms with Gasteiger partial charge >= 0.3 is 0 Å². The zero-order valence-corrected chi connectivity index (χ0v) is 11.6. The van der Waals surface area contributed by atoms with E-state index >= 15 is 0 Å². The van der Waals surface area contributed by atoms with E-state index in [9.17, 15) is 14.0 Å². The minimum atomic E-state index is -0.730. The van der Waals surface area contributed by atoms with Gasteiger partial charge in [0.05, 0.1) is 16.4 Å². The second-order valence-electron chi connectivity index (χ2n) is 5.00. The Morgan fingerprint density at radius 2 is 1.87 bits per heavy atom. The zero-order valence-electron chi connectivity index (χ0n) is 11.6. The molecule has 0 unspecified atom stereocenters. The summed E-state index contributed by atoms with van der Waals surface area (Å²) >= 11 is 0. The van der Waals surface area contributed by atoms with Crippen LogP contribution in [0.3, 0.4) is 0 Å². The summed E-state index contributed by atoms with van der Waals surface area (Å²) in [6.07, 6.45) is 0. The molecule has 0 aliphatic heterocycles. The number of rotatable bonds is 2. The number of aromatic amines is 1. The lowest BCUT2D eigenvalue weighted by Crippen LogP contribution is -2.32. The quantitative estimate of drug-likeness (QED) is 0.548. The Kier molecular flexibility index (Phi) is 2.80. The maximum Gasteiger partial charge on any atom is 0.222 e. The van der Waals surface area contributed by atoms with Gasteiger partial charge in [-0.3, -0.25) is 9.59 Å². The van der Waals surface area contributed by atoms with Gasteiger partial charge in [0, 0.05) is 5.39 Å². The van der Waals surface area contributed by atoms with Crippen LogP contribution in [0.2, 0.25) is 0 Å². The van der Waals surface area contributed by atoms with E-state index in [1.807, 2.05) is 18.2 Å². The minimum Gasteiger partial charge on any atom is -0.323 e. The van der Waals surface area contributed by atoms with Crippen LogP contribution < -0.4 is 21.6 Å². The van der Waals surface area contributed by atoms with E-state index in [1.165, 1.54) is 12.1 Å². The van der Waals surface area contributed by atoms with Gasteiger partial charge in [0.1, 0.15) is 5.82 Å². The van der Waals surface area contributed by atoms with Crippen LogP contribution in [0.5, 0.6) is 0 Å². The number of hydrogen-bond acceptors (Lipinski definition) is 5. The molecule has 6 nitrogen and oxygen atoms in total. The molecule has 0 amide bonds. The first-order valence-corrected chi connectivity index (χ1v) is 6.81. The number of fused-ring (bicyclic) bond motifs is 2. The second kappa shape index (κ2) is 4.84. The summed E-state index contributed by atoms with van der Waals surface area (Å²) < 4.78 is 13.7. The lowest BCUT2D eigenvalue weighted by molar-refractivity contribution is 0.639. The summed E-state index contributed by atoms with van der Waals surface area (Å²) in [6, 6.07) is 11.2. The lowest BCUT2D eigenvalue weighted by Gasteiger charge is -1.90. The van der Waals surface area contributed by atoms with Crippen LogP contribution in [-0.2, 0) is 0 Å². The van der Waals surface area contributed by atoms with Crippen LogP contribution in [0, 0.1) is 5.82 Å². The van der Waals surface area contributed by atoms with Gasteiger partial charge in [0.25, 0.3) is 0 Å². The van der Waals surface area contributed by atoms with Crippen molar-refractivity contribution >= 4 is 27.8 Å². The fraction of sp³-hybridized carbons (Fsp3) is 0. The van der Waals surface area contributed by atoms with Crippen molar-refractivity contribution in [3.05, 3.63) is 74.1 Å². The number of para-hydroxylation sites is 2. The van der Waals surface area contributed by atoms with Crippen molar-refractivity contribution < 1.29 is 4.39 Å². The van der Waals surface area contributed by atoms with E-state index in [0.29, 0.717) is 5.52 Å². The first-order valence-electron chi connectivity index (χ1n) is 6.81. The molecule has 0 aliphatic carbocycles. The SMILES string of the molecule is O=c1c(=NNc2nc3ccccc3[nH]2)c(=O)c2c(F)cccc12. The summed E-state index contributed by atoms with van der Waals surface area (Å²) in [7, 11) is 0. The molecular weight excluding hydrogens is 299 g/mol. The fourth-order valence-electron chi connectivity index (χ4n) is 2.51. The van der Waals surface area contributed by atoms with Crippen molar-refractivity contribution in [1.29, 1.82) is 0 Å². The zero-order chi connectivity index (χ0) is 16.0. The summed E-state index contributed by atoms with van der Waals surface area (Å²) in [6.45, 7) is 0. The first kappa shape index (κ1) is 13.3. The average Bonchev–Trinajstić information content (AvgIpc) is 3.06. The molecule has 0 aliphatic rings. The molecule has 4 rings (SSSR count). The van der Waals surface area contributed by atoms with Crippen molar-refractivity contribution in [2.75, 3.05) is 5.43 Å². The van der Waals surface area contributed by atoms with Crippen LogP contribution >= 0.6 is 0 Å². The molecule has 4 aromatic rings. The van der Waals surface area contributed by atoms with Crippen molar-refractivity contribution in [3.8, 4) is 0 Å². The van der Waals surface area contributed by atoms with E-state index in [2.05, 4.69) is 20.5 Å². The van der Waals surface area contributed by atoms with Crippen molar-refractivity contribution in [1.82, 2.24) is 9.97 Å². The Hall–Kier alpha value is -3.35. The second-order valence-corrected chi connectivity index (χ2v) is 5.00. The molecule has 2 N–H and O–H groups in total. The van der Waals surface area contributed by atoms with Gasteiger partial charge in [-0.05, 0) is 18.2 Å². The molecule has 3 aromatic carbocycles. The molecule has 0 fully saturated rings. The first-order chi connectivity index (χ1) is 11.1. The third-order valence-corrected chi connectivity index (χ3v) is 3.58. The van der Waals surface area contributed by atoms with Crippen molar-refractivity contribution in [3.63, 3.8) is 0 Å². The molecule has 1 heterocycles. The van der Waals surface area contributed by atoms with Crippen molar-refractivity contribution in [2.24, 2.45) is 5.10 Å². The maximum atomic E-state index is 13.7. The Balaban J connectivity index is 1.86. The highest BCUT2D eigenvalue weighted by Gasteiger charge is 2.14. The Bertz CT molecular complexity index is 1170. The van der Waals surface area contributed by atoms with Crippen LogP contribution in [-0.4, -0.2) is 9.97 Å². The normalized spacial score (nSPS) is 12.3. The third kappa shape index (κ3) is 2.02. The number of imidazole rings is 1. The van der Waals surface area contributed by atoms with Crippen LogP contribution in [0.15, 0.2) is 57.2 Å². The monoisotopic (exact) mass is 308 g/mol. The van der Waals surface area contributed by atoms with E-state index in [0.717, 1.165) is 11.6 Å². The number of nitrogens with one attached hydrogen (secondary N) is 2. The van der Waals surface area contributed by atoms with Crippen LogP contribution in [0.4, 0.5) is 10.3 Å². The summed E-state index contributed by atoms with van der Waals surface area (Å²) in [5, 5.41) is 3.25. The molecule has 0 radical (unpaired) electrons. The van der Waals surface area contributed by atoms with E-state index in [4.69, 9.17) is 0 Å². The molecule has 0 bridgehead atoms. The molecule has 0 saturated heterocycles. The number of hydrogen-bond donors (Lipinski definition) is 2. The van der Waals surface area contributed by atoms with Crippen LogP contribution in [0.1, 0.15) is 0 Å². The Morgan fingerprint density at radius 3 is 2.65 bits per heavy atom. The highest BCUT2D eigenvalue weighted by atomic mass is 19.1. The van der Waals surface area contributed by atoms with Crippen LogP contribution in [0.25, 0.3) is 21.8 Å². The Morgan fingerprint density at radius 1 is 1.04 bits per heavy atom. The molecule has 112 valence electrons. The molecule has 0 saturated carbocycles. The molecule has 7 heteroatoms. The van der Waals surface area contributed by atoms with Gasteiger partial charge in [-0.25, -0.2) is 14.8 Å². The van der Waals surface area contributed by atoms with Gasteiger partial charge < -0.3 is 4.98 Å². The number of halogens is 1. The third-order valence-electron chi connectivity index (χ3n) is 3.58. The summed E-state index contributed by atoms with van der Waals surface area (Å²) in [5.41, 5.74) is 2.72. The molecule has 23 heavy (non-hydrogen) atoms. The highest BCUT2D eigenvalue weighted by molar-refractivity contribution is 5.84. The predicted molar refractivity (Wildman–Crippen MR) is 84.1 cm³/mol. The smallest absolute Gasteiger partial charge is 0.222 e. The maximum absolute atomic E-state index is 13.7. The summed E-state index contributed by atoms with van der Waals surface area (Å²) in [5.74, 6) is -0.439. The molecule has 0 spiro atoms. The van der Waals surface area contributed by atoms with Crippen molar-refractivity contribution in [2.45, 2.75) is 0 Å². The van der Waals surface area contributed by atoms with Gasteiger partial charge in [-0.1, -0.05) is 24.3 Å². The fourth-order valence-corrected chi connectivity index (χ4v) is 2.51. The van der Waals surface area contributed by atoms with Gasteiger partial charge in [0.15, 0.2) is 5.36 Å². The highest BCUT2D eigenvalue weighted by Crippen LogP contribution is 2.13. The number of anilines is 1. The molecule has 0 atom stereocenters. The standard InChI is InChI=1S/C16H9FN4O2/c17-9-5-3-4-8-12(9)15(23)13(14(8)22)20-21-16-18-10-6-1-2-7-11(10)19-16/h1-7H,(H2,18,19,21). The topological polar surface area (TPSA) is 87.2 Å². The summed E-state index contributed by atoms with van der Waals surface area (Å²) in [4.78, 5) is 31.5.